The molecule has 128 valence electrons. The van der Waals surface area contributed by atoms with Crippen molar-refractivity contribution in [1.29, 1.82) is 0 Å². The lowest BCUT2D eigenvalue weighted by molar-refractivity contribution is -0.128. The van der Waals surface area contributed by atoms with Gasteiger partial charge in [0.05, 0.1) is 6.04 Å². The molecule has 0 bridgehead atoms. The van der Waals surface area contributed by atoms with E-state index in [0.717, 1.165) is 17.7 Å². The lowest BCUT2D eigenvalue weighted by Crippen LogP contribution is -2.38. The molecule has 0 aliphatic carbocycles. The fourth-order valence-electron chi connectivity index (χ4n) is 2.58. The van der Waals surface area contributed by atoms with Crippen molar-refractivity contribution in [2.24, 2.45) is 0 Å². The maximum Gasteiger partial charge on any atom is 0.261 e. The van der Waals surface area contributed by atoms with Gasteiger partial charge in [-0.05, 0) is 42.5 Å². The summed E-state index contributed by atoms with van der Waals surface area (Å²) in [6, 6.07) is 18.0. The van der Waals surface area contributed by atoms with Crippen molar-refractivity contribution in [2.75, 3.05) is 0 Å². The van der Waals surface area contributed by atoms with E-state index < -0.39 is 6.10 Å². The van der Waals surface area contributed by atoms with Crippen molar-refractivity contribution in [1.82, 2.24) is 5.32 Å². The smallest absolute Gasteiger partial charge is 0.261 e. The minimum absolute atomic E-state index is 0.00747. The summed E-state index contributed by atoms with van der Waals surface area (Å²) >= 11 is 0. The van der Waals surface area contributed by atoms with Crippen molar-refractivity contribution in [3.63, 3.8) is 0 Å². The highest BCUT2D eigenvalue weighted by Crippen LogP contribution is 2.20. The average Bonchev–Trinajstić information content (AvgIpc) is 2.60. The predicted molar refractivity (Wildman–Crippen MR) is 98.2 cm³/mol. The molecule has 24 heavy (non-hydrogen) atoms. The molecular weight excluding hydrogens is 298 g/mol. The highest BCUT2D eigenvalue weighted by molar-refractivity contribution is 5.81. The Bertz CT molecular complexity index is 635. The first-order chi connectivity index (χ1) is 11.5. The summed E-state index contributed by atoms with van der Waals surface area (Å²) in [5, 5.41) is 3.07. The quantitative estimate of drug-likeness (QED) is 0.790. The Morgan fingerprint density at radius 1 is 0.958 bits per heavy atom. The number of nitrogens with one attached hydrogen (secondary N) is 1. The number of carbonyl (C=O) groups is 1. The van der Waals surface area contributed by atoms with Gasteiger partial charge in [0.25, 0.3) is 5.91 Å². The van der Waals surface area contributed by atoms with Crippen LogP contribution in [0.3, 0.4) is 0 Å². The van der Waals surface area contributed by atoms with Gasteiger partial charge in [0.2, 0.25) is 0 Å². The Hall–Kier alpha value is -2.29. The monoisotopic (exact) mass is 325 g/mol. The van der Waals surface area contributed by atoms with Crippen LogP contribution in [0.2, 0.25) is 0 Å². The standard InChI is InChI=1S/C21H27NO2/c1-5-20(18-9-7-6-8-10-18)22-21(23)16(4)24-19-13-11-17(12-14-19)15(2)3/h6-16,20H,5H2,1-4H3,(H,22,23). The third-order valence-electron chi connectivity index (χ3n) is 4.16. The zero-order valence-corrected chi connectivity index (χ0v) is 15.0. The van der Waals surface area contributed by atoms with E-state index in [1.165, 1.54) is 5.56 Å². The number of amides is 1. The van der Waals surface area contributed by atoms with Crippen molar-refractivity contribution in [3.05, 3.63) is 65.7 Å². The molecule has 0 saturated carbocycles. The second-order valence-electron chi connectivity index (χ2n) is 6.36. The van der Waals surface area contributed by atoms with Gasteiger partial charge >= 0.3 is 0 Å². The minimum atomic E-state index is -0.535. The molecule has 2 unspecified atom stereocenters. The van der Waals surface area contributed by atoms with E-state index in [4.69, 9.17) is 4.74 Å². The summed E-state index contributed by atoms with van der Waals surface area (Å²) in [5.41, 5.74) is 2.37. The summed E-state index contributed by atoms with van der Waals surface area (Å²) < 4.78 is 5.78. The van der Waals surface area contributed by atoms with Crippen LogP contribution in [-0.4, -0.2) is 12.0 Å². The number of hydrogen-bond donors (Lipinski definition) is 1. The van der Waals surface area contributed by atoms with E-state index in [1.54, 1.807) is 6.92 Å². The highest BCUT2D eigenvalue weighted by atomic mass is 16.5. The molecule has 3 nitrogen and oxygen atoms in total. The Labute approximate surface area is 145 Å². The van der Waals surface area contributed by atoms with Crippen LogP contribution in [0, 0.1) is 0 Å². The molecule has 0 saturated heterocycles. The van der Waals surface area contributed by atoms with Crippen LogP contribution >= 0.6 is 0 Å². The second-order valence-corrected chi connectivity index (χ2v) is 6.36. The van der Waals surface area contributed by atoms with Crippen molar-refractivity contribution in [2.45, 2.75) is 52.2 Å². The van der Waals surface area contributed by atoms with Gasteiger partial charge in [0.15, 0.2) is 6.10 Å². The van der Waals surface area contributed by atoms with E-state index in [2.05, 4.69) is 26.1 Å². The zero-order valence-electron chi connectivity index (χ0n) is 15.0. The highest BCUT2D eigenvalue weighted by Gasteiger charge is 2.19. The Morgan fingerprint density at radius 2 is 1.58 bits per heavy atom. The molecule has 1 N–H and O–H groups in total. The molecule has 0 heterocycles. The Balaban J connectivity index is 1.96. The maximum absolute atomic E-state index is 12.4. The minimum Gasteiger partial charge on any atom is -0.481 e. The first kappa shape index (κ1) is 18.1. The molecule has 2 atom stereocenters. The molecule has 0 aliphatic heterocycles. The molecule has 0 fully saturated rings. The molecular formula is C21H27NO2. The third-order valence-corrected chi connectivity index (χ3v) is 4.16. The molecule has 2 rings (SSSR count). The number of benzene rings is 2. The van der Waals surface area contributed by atoms with Crippen LogP contribution in [0.1, 0.15) is 57.2 Å². The Kier molecular flexibility index (Phi) is 6.42. The topological polar surface area (TPSA) is 38.3 Å². The fourth-order valence-corrected chi connectivity index (χ4v) is 2.58. The van der Waals surface area contributed by atoms with E-state index in [-0.39, 0.29) is 11.9 Å². The lowest BCUT2D eigenvalue weighted by Gasteiger charge is -2.21. The van der Waals surface area contributed by atoms with Gasteiger partial charge in [-0.3, -0.25) is 4.79 Å². The summed E-state index contributed by atoms with van der Waals surface area (Å²) in [4.78, 5) is 12.4. The van der Waals surface area contributed by atoms with E-state index in [0.29, 0.717) is 5.92 Å². The second kappa shape index (κ2) is 8.53. The van der Waals surface area contributed by atoms with Crippen LogP contribution in [0.4, 0.5) is 0 Å². The van der Waals surface area contributed by atoms with Crippen LogP contribution < -0.4 is 10.1 Å². The summed E-state index contributed by atoms with van der Waals surface area (Å²) in [5.74, 6) is 1.10. The van der Waals surface area contributed by atoms with Crippen LogP contribution in [0.15, 0.2) is 54.6 Å². The van der Waals surface area contributed by atoms with Gasteiger partial charge in [0, 0.05) is 0 Å². The maximum atomic E-state index is 12.4. The molecule has 1 amide bonds. The van der Waals surface area contributed by atoms with Crippen LogP contribution in [-0.2, 0) is 4.79 Å². The largest absolute Gasteiger partial charge is 0.481 e. The molecule has 0 aliphatic rings. The SMILES string of the molecule is CCC(NC(=O)C(C)Oc1ccc(C(C)C)cc1)c1ccccc1. The summed E-state index contributed by atoms with van der Waals surface area (Å²) in [6.07, 6.45) is 0.304. The molecule has 3 heteroatoms. The first-order valence-electron chi connectivity index (χ1n) is 8.63. The fraction of sp³-hybridized carbons (Fsp3) is 0.381. The van der Waals surface area contributed by atoms with Gasteiger partial charge < -0.3 is 10.1 Å². The molecule has 2 aromatic carbocycles. The first-order valence-corrected chi connectivity index (χ1v) is 8.63. The summed E-state index contributed by atoms with van der Waals surface area (Å²) in [6.45, 7) is 8.15. The summed E-state index contributed by atoms with van der Waals surface area (Å²) in [7, 11) is 0. The lowest BCUT2D eigenvalue weighted by atomic mass is 10.0. The van der Waals surface area contributed by atoms with Gasteiger partial charge in [0.1, 0.15) is 5.75 Å². The number of hydrogen-bond acceptors (Lipinski definition) is 2. The van der Waals surface area contributed by atoms with E-state index in [9.17, 15) is 4.79 Å². The van der Waals surface area contributed by atoms with Crippen LogP contribution in [0.5, 0.6) is 5.75 Å². The predicted octanol–water partition coefficient (Wildman–Crippen LogP) is 4.84. The normalized spacial score (nSPS) is 13.4. The van der Waals surface area contributed by atoms with Gasteiger partial charge in [-0.15, -0.1) is 0 Å². The number of carbonyl (C=O) groups excluding carboxylic acids is 1. The van der Waals surface area contributed by atoms with E-state index in [1.807, 2.05) is 54.6 Å². The number of rotatable bonds is 7. The molecule has 0 aromatic heterocycles. The van der Waals surface area contributed by atoms with Gasteiger partial charge in [-0.2, -0.15) is 0 Å². The van der Waals surface area contributed by atoms with Crippen molar-refractivity contribution < 1.29 is 9.53 Å². The average molecular weight is 325 g/mol. The van der Waals surface area contributed by atoms with Gasteiger partial charge in [-0.1, -0.05) is 63.2 Å². The zero-order chi connectivity index (χ0) is 17.5. The molecule has 0 spiro atoms. The van der Waals surface area contributed by atoms with Gasteiger partial charge in [-0.25, -0.2) is 0 Å². The number of ether oxygens (including phenoxy) is 1. The Morgan fingerprint density at radius 3 is 2.12 bits per heavy atom. The van der Waals surface area contributed by atoms with Crippen molar-refractivity contribution in [3.8, 4) is 5.75 Å². The van der Waals surface area contributed by atoms with E-state index >= 15 is 0 Å². The molecule has 2 aromatic rings. The van der Waals surface area contributed by atoms with Crippen molar-refractivity contribution >= 4 is 5.91 Å². The van der Waals surface area contributed by atoms with Crippen LogP contribution in [0.25, 0.3) is 0 Å². The molecule has 0 radical (unpaired) electrons. The third kappa shape index (κ3) is 4.85.